The van der Waals surface area contributed by atoms with Crippen molar-refractivity contribution in [3.63, 3.8) is 0 Å². The molecule has 2 rings (SSSR count). The number of benzene rings is 2. The number of hydrogen-bond donors (Lipinski definition) is 0. The van der Waals surface area contributed by atoms with Crippen molar-refractivity contribution in [1.82, 2.24) is 0 Å². The van der Waals surface area contributed by atoms with E-state index in [0.29, 0.717) is 12.1 Å². The lowest BCUT2D eigenvalue weighted by Crippen LogP contribution is -2.02. The molecule has 0 aliphatic carbocycles. The predicted octanol–water partition coefficient (Wildman–Crippen LogP) is 4.33. The second-order valence-corrected chi connectivity index (χ2v) is 3.57. The Bertz CT molecular complexity index is 638. The molecule has 0 N–H and O–H groups in total. The molecule has 0 nitrogen and oxygen atoms in total. The van der Waals surface area contributed by atoms with Gasteiger partial charge in [0.15, 0.2) is 40.7 Å². The number of rotatable bonds is 1. The fraction of sp³-hybridized carbons (Fsp3) is 0. The molecule has 0 atom stereocenters. The van der Waals surface area contributed by atoms with E-state index in [1.165, 1.54) is 0 Å². The monoisotopic (exact) mass is 280 g/mol. The molecule has 2 aromatic rings. The molecule has 0 heterocycles. The van der Waals surface area contributed by atoms with Crippen LogP contribution in [0.1, 0.15) is 0 Å². The van der Waals surface area contributed by atoms with Crippen molar-refractivity contribution in [2.24, 2.45) is 0 Å². The minimum Gasteiger partial charge on any atom is -0.204 e. The summed E-state index contributed by atoms with van der Waals surface area (Å²) in [5.74, 6) is -12.9. The van der Waals surface area contributed by atoms with Gasteiger partial charge in [0, 0.05) is 11.6 Å². The van der Waals surface area contributed by atoms with Crippen LogP contribution in [0.3, 0.4) is 0 Å². The number of halogens is 7. The lowest BCUT2D eigenvalue weighted by atomic mass is 10.0. The zero-order valence-electron chi connectivity index (χ0n) is 8.88. The molecule has 0 aliphatic heterocycles. The van der Waals surface area contributed by atoms with Crippen molar-refractivity contribution >= 4 is 0 Å². The summed E-state index contributed by atoms with van der Waals surface area (Å²) in [6.07, 6.45) is 0. The van der Waals surface area contributed by atoms with Gasteiger partial charge in [0.1, 0.15) is 0 Å². The van der Waals surface area contributed by atoms with E-state index in [4.69, 9.17) is 0 Å². The van der Waals surface area contributed by atoms with Gasteiger partial charge in [0.2, 0.25) is 0 Å². The van der Waals surface area contributed by atoms with E-state index in [1.807, 2.05) is 0 Å². The van der Waals surface area contributed by atoms with Gasteiger partial charge in [0.25, 0.3) is 0 Å². The Morgan fingerprint density at radius 2 is 1.05 bits per heavy atom. The van der Waals surface area contributed by atoms with Crippen LogP contribution in [0, 0.1) is 40.7 Å². The third kappa shape index (κ3) is 2.05. The molecule has 0 fully saturated rings. The molecule has 0 unspecified atom stereocenters. The molecule has 0 aromatic heterocycles. The van der Waals surface area contributed by atoms with Gasteiger partial charge < -0.3 is 0 Å². The van der Waals surface area contributed by atoms with Gasteiger partial charge in [-0.2, -0.15) is 0 Å². The van der Waals surface area contributed by atoms with Crippen LogP contribution in [-0.2, 0) is 0 Å². The smallest absolute Gasteiger partial charge is 0.195 e. The molecule has 7 heteroatoms. The Hall–Kier alpha value is -2.05. The molecule has 2 aromatic carbocycles. The molecule has 0 saturated carbocycles. The Balaban J connectivity index is 2.83. The largest absolute Gasteiger partial charge is 0.204 e. The molecule has 0 bridgehead atoms. The quantitative estimate of drug-likeness (QED) is 0.414. The average molecular weight is 280 g/mol. The van der Waals surface area contributed by atoms with E-state index in [1.54, 1.807) is 0 Å². The van der Waals surface area contributed by atoms with Gasteiger partial charge in [-0.1, -0.05) is 0 Å². The third-order valence-electron chi connectivity index (χ3n) is 2.42. The summed E-state index contributed by atoms with van der Waals surface area (Å²) in [5, 5.41) is 0. The highest BCUT2D eigenvalue weighted by molar-refractivity contribution is 5.66. The van der Waals surface area contributed by atoms with Crippen LogP contribution in [0.15, 0.2) is 18.2 Å². The van der Waals surface area contributed by atoms with Crippen molar-refractivity contribution in [3.8, 4) is 11.1 Å². The first-order valence-corrected chi connectivity index (χ1v) is 4.81. The predicted molar refractivity (Wildman–Crippen MR) is 51.6 cm³/mol. The van der Waals surface area contributed by atoms with Crippen LogP contribution in [0.4, 0.5) is 30.7 Å². The first-order chi connectivity index (χ1) is 8.84. The van der Waals surface area contributed by atoms with Crippen LogP contribution in [0.2, 0.25) is 0 Å². The maximum Gasteiger partial charge on any atom is 0.195 e. The van der Waals surface area contributed by atoms with Crippen molar-refractivity contribution < 1.29 is 30.7 Å². The van der Waals surface area contributed by atoms with Gasteiger partial charge >= 0.3 is 0 Å². The van der Waals surface area contributed by atoms with E-state index in [2.05, 4.69) is 0 Å². The number of hydrogen-bond acceptors (Lipinski definition) is 0. The molecular formula is C12H3F7. The van der Waals surface area contributed by atoms with E-state index < -0.39 is 51.8 Å². The Morgan fingerprint density at radius 3 is 1.58 bits per heavy atom. The second-order valence-electron chi connectivity index (χ2n) is 3.57. The molecule has 0 spiro atoms. The van der Waals surface area contributed by atoms with Crippen molar-refractivity contribution in [2.45, 2.75) is 0 Å². The minimum absolute atomic E-state index is 0.0774. The van der Waals surface area contributed by atoms with E-state index in [9.17, 15) is 30.7 Å². The standard InChI is InChI=1S/C12H3F7/c13-5-2-1-4(9(16)12(5)19)8-10(17)6(14)3-7(15)11(8)18/h1-3H. The third-order valence-corrected chi connectivity index (χ3v) is 2.42. The Morgan fingerprint density at radius 1 is 0.526 bits per heavy atom. The minimum atomic E-state index is -2.00. The van der Waals surface area contributed by atoms with Crippen LogP contribution >= 0.6 is 0 Å². The van der Waals surface area contributed by atoms with Crippen LogP contribution in [0.25, 0.3) is 11.1 Å². The summed E-state index contributed by atoms with van der Waals surface area (Å²) in [5.41, 5.74) is -2.55. The summed E-state index contributed by atoms with van der Waals surface area (Å²) in [7, 11) is 0. The fourth-order valence-electron chi connectivity index (χ4n) is 1.53. The lowest BCUT2D eigenvalue weighted by Gasteiger charge is -2.09. The molecule has 0 aliphatic rings. The van der Waals surface area contributed by atoms with Gasteiger partial charge in [-0.05, 0) is 12.1 Å². The SMILES string of the molecule is Fc1ccc(-c2c(F)c(F)cc(F)c2F)c(F)c1F. The van der Waals surface area contributed by atoms with E-state index >= 15 is 0 Å². The van der Waals surface area contributed by atoms with Gasteiger partial charge in [-0.3, -0.25) is 0 Å². The fourth-order valence-corrected chi connectivity index (χ4v) is 1.53. The Labute approximate surface area is 102 Å². The summed E-state index contributed by atoms with van der Waals surface area (Å²) in [6, 6.07) is 0.787. The second kappa shape index (κ2) is 4.56. The highest BCUT2D eigenvalue weighted by Gasteiger charge is 2.25. The van der Waals surface area contributed by atoms with Crippen molar-refractivity contribution in [2.75, 3.05) is 0 Å². The van der Waals surface area contributed by atoms with E-state index in [-0.39, 0.29) is 6.07 Å². The Kier molecular flexibility index (Phi) is 3.21. The molecule has 0 saturated heterocycles. The summed E-state index contributed by atoms with van der Waals surface area (Å²) in [6.45, 7) is 0. The van der Waals surface area contributed by atoms with Gasteiger partial charge in [-0.15, -0.1) is 0 Å². The molecule has 0 amide bonds. The van der Waals surface area contributed by atoms with Crippen LogP contribution in [-0.4, -0.2) is 0 Å². The molecule has 19 heavy (non-hydrogen) atoms. The van der Waals surface area contributed by atoms with Gasteiger partial charge in [0.05, 0.1) is 5.56 Å². The van der Waals surface area contributed by atoms with Crippen molar-refractivity contribution in [1.29, 1.82) is 0 Å². The normalized spacial score (nSPS) is 10.9. The first kappa shape index (κ1) is 13.4. The summed E-state index contributed by atoms with van der Waals surface area (Å²) >= 11 is 0. The summed E-state index contributed by atoms with van der Waals surface area (Å²) < 4.78 is 91.7. The molecule has 0 radical (unpaired) electrons. The van der Waals surface area contributed by atoms with Gasteiger partial charge in [-0.25, -0.2) is 30.7 Å². The highest BCUT2D eigenvalue weighted by atomic mass is 19.2. The maximum atomic E-state index is 13.4. The maximum absolute atomic E-state index is 13.4. The topological polar surface area (TPSA) is 0 Å². The van der Waals surface area contributed by atoms with E-state index in [0.717, 1.165) is 0 Å². The van der Waals surface area contributed by atoms with Crippen LogP contribution < -0.4 is 0 Å². The van der Waals surface area contributed by atoms with Crippen molar-refractivity contribution in [3.05, 3.63) is 58.9 Å². The lowest BCUT2D eigenvalue weighted by molar-refractivity contribution is 0.442. The van der Waals surface area contributed by atoms with Crippen LogP contribution in [0.5, 0.6) is 0 Å². The zero-order valence-corrected chi connectivity index (χ0v) is 8.88. The highest BCUT2D eigenvalue weighted by Crippen LogP contribution is 2.32. The summed E-state index contributed by atoms with van der Waals surface area (Å²) in [4.78, 5) is 0. The first-order valence-electron chi connectivity index (χ1n) is 4.81. The average Bonchev–Trinajstić information content (AvgIpc) is 2.36. The zero-order chi connectivity index (χ0) is 14.3. The molecule has 100 valence electrons. The molecular weight excluding hydrogens is 277 g/mol.